The van der Waals surface area contributed by atoms with Crippen molar-refractivity contribution in [1.82, 2.24) is 9.55 Å². The number of aromatic nitrogens is 2. The third-order valence-electron chi connectivity index (χ3n) is 2.86. The number of phosphoric acid groups is 1. The van der Waals surface area contributed by atoms with E-state index in [-0.39, 0.29) is 64.6 Å². The summed E-state index contributed by atoms with van der Waals surface area (Å²) in [6.45, 7) is -0.808. The SMILES string of the molecule is O.O=c1ccn([C@@H]2OC(COP(=O)([O-])[O-])C(O)C2O)c(=O)[nH]1.[Na+].[Na+]. The molecule has 0 aromatic carbocycles. The molecule has 0 bridgehead atoms. The topological polar surface area (TPSA) is 208 Å². The monoisotopic (exact) mass is 386 g/mol. The molecule has 1 saturated heterocycles. The van der Waals surface area contributed by atoms with Gasteiger partial charge in [-0.2, -0.15) is 0 Å². The van der Waals surface area contributed by atoms with Crippen molar-refractivity contribution in [2.75, 3.05) is 6.61 Å². The molecule has 0 amide bonds. The summed E-state index contributed by atoms with van der Waals surface area (Å²) in [5.74, 6) is 0. The van der Waals surface area contributed by atoms with Gasteiger partial charge >= 0.3 is 64.8 Å². The van der Waals surface area contributed by atoms with Gasteiger partial charge in [0.2, 0.25) is 0 Å². The van der Waals surface area contributed by atoms with E-state index in [0.29, 0.717) is 0 Å². The van der Waals surface area contributed by atoms with Crippen molar-refractivity contribution in [3.8, 4) is 0 Å². The van der Waals surface area contributed by atoms with Gasteiger partial charge in [0.05, 0.1) is 14.4 Å². The van der Waals surface area contributed by atoms with Crippen LogP contribution in [0.1, 0.15) is 6.23 Å². The number of aromatic amines is 1. The van der Waals surface area contributed by atoms with Gasteiger partial charge in [0, 0.05) is 12.3 Å². The maximum Gasteiger partial charge on any atom is 1.00 e. The molecule has 0 radical (unpaired) electrons. The molecule has 0 spiro atoms. The molecule has 12 nitrogen and oxygen atoms in total. The van der Waals surface area contributed by atoms with E-state index in [1.54, 1.807) is 0 Å². The minimum atomic E-state index is -5.26. The van der Waals surface area contributed by atoms with E-state index >= 15 is 0 Å². The molecule has 1 aliphatic rings. The largest absolute Gasteiger partial charge is 1.00 e. The number of aliphatic hydroxyl groups is 2. The Morgan fingerprint density at radius 3 is 2.38 bits per heavy atom. The summed E-state index contributed by atoms with van der Waals surface area (Å²) in [5.41, 5.74) is -1.55. The number of nitrogens with one attached hydrogen (secondary N) is 1. The van der Waals surface area contributed by atoms with Gasteiger partial charge in [0.25, 0.3) is 5.56 Å². The van der Waals surface area contributed by atoms with Crippen molar-refractivity contribution in [3.05, 3.63) is 33.1 Å². The van der Waals surface area contributed by atoms with Crippen LogP contribution < -0.4 is 80.2 Å². The summed E-state index contributed by atoms with van der Waals surface area (Å²) in [4.78, 5) is 45.2. The Balaban J connectivity index is 0. The van der Waals surface area contributed by atoms with Crippen LogP contribution in [0.5, 0.6) is 0 Å². The van der Waals surface area contributed by atoms with E-state index in [1.165, 1.54) is 0 Å². The first-order valence-electron chi connectivity index (χ1n) is 5.69. The van der Waals surface area contributed by atoms with E-state index in [1.807, 2.05) is 4.98 Å². The maximum atomic E-state index is 11.6. The van der Waals surface area contributed by atoms with Crippen molar-refractivity contribution in [2.24, 2.45) is 0 Å². The maximum absolute atomic E-state index is 11.6. The van der Waals surface area contributed by atoms with Crippen LogP contribution in [0.2, 0.25) is 0 Å². The van der Waals surface area contributed by atoms with Crippen molar-refractivity contribution < 1.29 is 98.4 Å². The number of ether oxygens (including phenoxy) is 1. The summed E-state index contributed by atoms with van der Waals surface area (Å²) in [6.07, 6.45) is -4.83. The zero-order chi connectivity index (χ0) is 15.8. The molecule has 1 fully saturated rings. The van der Waals surface area contributed by atoms with Crippen LogP contribution >= 0.6 is 7.82 Å². The van der Waals surface area contributed by atoms with Crippen molar-refractivity contribution >= 4 is 7.82 Å². The van der Waals surface area contributed by atoms with E-state index in [4.69, 9.17) is 4.74 Å². The summed E-state index contributed by atoms with van der Waals surface area (Å²) in [7, 11) is -5.26. The van der Waals surface area contributed by atoms with E-state index in [9.17, 15) is 34.2 Å². The smallest absolute Gasteiger partial charge is 0.790 e. The van der Waals surface area contributed by atoms with Crippen LogP contribution in [0, 0.1) is 0 Å². The van der Waals surface area contributed by atoms with Gasteiger partial charge in [-0.3, -0.25) is 14.3 Å². The number of H-pyrrole nitrogens is 1. The summed E-state index contributed by atoms with van der Waals surface area (Å²) in [5, 5.41) is 19.5. The number of rotatable bonds is 4. The molecule has 2 heterocycles. The Kier molecular flexibility index (Phi) is 12.0. The fourth-order valence-corrected chi connectivity index (χ4v) is 2.22. The van der Waals surface area contributed by atoms with Crippen molar-refractivity contribution in [3.63, 3.8) is 0 Å². The Morgan fingerprint density at radius 1 is 1.29 bits per heavy atom. The molecule has 3 unspecified atom stereocenters. The summed E-state index contributed by atoms with van der Waals surface area (Å²) < 4.78 is 20.3. The molecule has 0 aliphatic carbocycles. The zero-order valence-corrected chi connectivity index (χ0v) is 17.7. The second-order valence-corrected chi connectivity index (χ2v) is 5.46. The predicted molar refractivity (Wildman–Crippen MR) is 64.4 cm³/mol. The van der Waals surface area contributed by atoms with Gasteiger partial charge in [-0.05, 0) is 0 Å². The molecule has 126 valence electrons. The second kappa shape index (κ2) is 10.7. The zero-order valence-electron chi connectivity index (χ0n) is 12.8. The standard InChI is InChI=1S/C9H13N2O9P.2Na.H2O/c12-5-1-2-11(9(15)10-5)8-7(14)6(13)4(20-8)3-19-21(16,17)18;;;/h1-2,4,6-8,13-14H,3H2,(H,10,12,15)(H2,16,17,18);;;1H2/q;2*+1;/p-2/t4?,6?,7?,8-;;;/m1.../s1. The molecule has 0 saturated carbocycles. The molecule has 24 heavy (non-hydrogen) atoms. The van der Waals surface area contributed by atoms with Gasteiger partial charge in [0.1, 0.15) is 18.3 Å². The van der Waals surface area contributed by atoms with E-state index in [0.717, 1.165) is 16.8 Å². The van der Waals surface area contributed by atoms with Gasteiger partial charge < -0.3 is 39.3 Å². The van der Waals surface area contributed by atoms with Crippen LogP contribution in [-0.2, 0) is 13.8 Å². The van der Waals surface area contributed by atoms with Gasteiger partial charge in [0.15, 0.2) is 6.23 Å². The Labute approximate surface area is 178 Å². The molecule has 1 aromatic rings. The van der Waals surface area contributed by atoms with E-state index in [2.05, 4.69) is 4.52 Å². The molecule has 5 N–H and O–H groups in total. The van der Waals surface area contributed by atoms with Crippen LogP contribution in [0.4, 0.5) is 0 Å². The van der Waals surface area contributed by atoms with Gasteiger partial charge in [-0.15, -0.1) is 0 Å². The normalized spacial score (nSPS) is 26.0. The molecule has 1 aromatic heterocycles. The number of nitrogens with zero attached hydrogens (tertiary/aromatic N) is 1. The first kappa shape index (κ1) is 26.9. The van der Waals surface area contributed by atoms with E-state index < -0.39 is 50.2 Å². The minimum Gasteiger partial charge on any atom is -0.790 e. The fraction of sp³-hybridized carbons (Fsp3) is 0.556. The van der Waals surface area contributed by atoms with Gasteiger partial charge in [-0.25, -0.2) is 4.79 Å². The molecular formula is C9H13N2Na2O10P. The number of phosphoric ester groups is 1. The van der Waals surface area contributed by atoms with Crippen LogP contribution in [0.3, 0.4) is 0 Å². The summed E-state index contributed by atoms with van der Waals surface area (Å²) in [6, 6.07) is 0.997. The molecule has 4 atom stereocenters. The average molecular weight is 386 g/mol. The van der Waals surface area contributed by atoms with Crippen molar-refractivity contribution in [1.29, 1.82) is 0 Å². The average Bonchev–Trinajstić information content (AvgIpc) is 2.64. The Hall–Kier alpha value is 0.630. The number of hydrogen-bond acceptors (Lipinski definition) is 9. The first-order chi connectivity index (χ1) is 9.69. The molecule has 2 rings (SSSR count). The minimum absolute atomic E-state index is 0. The quantitative estimate of drug-likeness (QED) is 0.331. The van der Waals surface area contributed by atoms with Crippen LogP contribution in [0.15, 0.2) is 21.9 Å². The Bertz CT molecular complexity index is 675. The summed E-state index contributed by atoms with van der Waals surface area (Å²) >= 11 is 0. The third kappa shape index (κ3) is 6.74. The third-order valence-corrected chi connectivity index (χ3v) is 3.32. The first-order valence-corrected chi connectivity index (χ1v) is 7.15. The number of hydrogen-bond donors (Lipinski definition) is 3. The van der Waals surface area contributed by atoms with Gasteiger partial charge in [-0.1, -0.05) is 0 Å². The fourth-order valence-electron chi connectivity index (χ4n) is 1.89. The second-order valence-electron chi connectivity index (χ2n) is 4.31. The number of aliphatic hydroxyl groups excluding tert-OH is 2. The predicted octanol–water partition coefficient (Wildman–Crippen LogP) is -10.8. The van der Waals surface area contributed by atoms with Crippen molar-refractivity contribution in [2.45, 2.75) is 24.5 Å². The van der Waals surface area contributed by atoms with Crippen LogP contribution in [0.25, 0.3) is 0 Å². The molecule has 1 aliphatic heterocycles. The van der Waals surface area contributed by atoms with Crippen LogP contribution in [-0.4, -0.2) is 50.2 Å². The molecular weight excluding hydrogens is 373 g/mol. The molecule has 15 heteroatoms. The Morgan fingerprint density at radius 2 is 1.88 bits per heavy atom.